The van der Waals surface area contributed by atoms with Crippen LogP contribution in [0.25, 0.3) is 0 Å². The lowest BCUT2D eigenvalue weighted by Gasteiger charge is -2.28. The first-order valence-corrected chi connectivity index (χ1v) is 4.71. The fourth-order valence-corrected chi connectivity index (χ4v) is 1.25. The predicted molar refractivity (Wildman–Crippen MR) is 49.8 cm³/mol. The Kier molecular flexibility index (Phi) is 3.11. The molecule has 0 saturated heterocycles. The molecule has 1 atom stereocenters. The second-order valence-electron chi connectivity index (χ2n) is 3.17. The van der Waals surface area contributed by atoms with Gasteiger partial charge < -0.3 is 5.11 Å². The highest BCUT2D eigenvalue weighted by atomic mass is 79.9. The minimum absolute atomic E-state index is 0.694. The van der Waals surface area contributed by atoms with E-state index in [0.29, 0.717) is 6.92 Å². The van der Waals surface area contributed by atoms with Crippen LogP contribution in [0.15, 0.2) is 18.2 Å². The Hall–Kier alpha value is -0.620. The zero-order chi connectivity index (χ0) is 11.9. The van der Waals surface area contributed by atoms with E-state index in [9.17, 15) is 22.7 Å². The van der Waals surface area contributed by atoms with Crippen molar-refractivity contribution in [1.29, 1.82) is 0 Å². The lowest BCUT2D eigenvalue weighted by Crippen LogP contribution is -2.38. The van der Waals surface area contributed by atoms with Crippen LogP contribution in [-0.4, -0.2) is 9.94 Å². The van der Waals surface area contributed by atoms with Crippen LogP contribution < -0.4 is 0 Å². The van der Waals surface area contributed by atoms with Crippen molar-refractivity contribution in [2.24, 2.45) is 0 Å². The molecule has 0 bridgehead atoms. The number of alkyl halides is 3. The molecule has 0 aliphatic heterocycles. The maximum absolute atomic E-state index is 13.1. The van der Waals surface area contributed by atoms with Gasteiger partial charge in [0.1, 0.15) is 0 Å². The summed E-state index contributed by atoms with van der Waals surface area (Å²) in [5, 5.41) is 9.42. The van der Waals surface area contributed by atoms with E-state index in [4.69, 9.17) is 0 Å². The molecule has 6 heteroatoms. The molecule has 1 nitrogen and oxygen atoms in total. The van der Waals surface area contributed by atoms with Crippen molar-refractivity contribution in [1.82, 2.24) is 0 Å². The highest BCUT2D eigenvalue weighted by Crippen LogP contribution is 2.42. The van der Waals surface area contributed by atoms with Gasteiger partial charge in [-0.25, -0.2) is 8.78 Å². The molecule has 1 unspecified atom stereocenters. The van der Waals surface area contributed by atoms with Crippen molar-refractivity contribution < 1.29 is 22.7 Å². The highest BCUT2D eigenvalue weighted by Gasteiger charge is 2.49. The second-order valence-corrected chi connectivity index (χ2v) is 4.17. The Morgan fingerprint density at radius 1 is 1.27 bits per heavy atom. The van der Waals surface area contributed by atoms with E-state index >= 15 is 0 Å². The Bertz CT molecular complexity index is 373. The van der Waals surface area contributed by atoms with E-state index in [1.807, 2.05) is 15.9 Å². The molecule has 15 heavy (non-hydrogen) atoms. The molecule has 0 fully saturated rings. The summed E-state index contributed by atoms with van der Waals surface area (Å²) >= 11 is 1.92. The Balaban J connectivity index is 3.34. The second kappa shape index (κ2) is 3.75. The fourth-order valence-electron chi connectivity index (χ4n) is 1.03. The topological polar surface area (TPSA) is 20.2 Å². The molecule has 1 aromatic carbocycles. The summed E-state index contributed by atoms with van der Waals surface area (Å²) < 4.78 is 51.6. The third kappa shape index (κ3) is 2.15. The third-order valence-electron chi connectivity index (χ3n) is 2.03. The van der Waals surface area contributed by atoms with Crippen molar-refractivity contribution in [3.63, 3.8) is 0 Å². The van der Waals surface area contributed by atoms with E-state index in [1.54, 1.807) is 0 Å². The van der Waals surface area contributed by atoms with Gasteiger partial charge in [-0.1, -0.05) is 12.1 Å². The molecule has 0 aromatic heterocycles. The number of hydrogen-bond donors (Lipinski definition) is 1. The Labute approximate surface area is 91.9 Å². The summed E-state index contributed by atoms with van der Waals surface area (Å²) in [6.07, 6.45) is 0. The van der Waals surface area contributed by atoms with Crippen LogP contribution >= 0.6 is 15.9 Å². The van der Waals surface area contributed by atoms with Gasteiger partial charge in [0.05, 0.1) is 0 Å². The molecule has 1 rings (SSSR count). The van der Waals surface area contributed by atoms with Gasteiger partial charge >= 0.3 is 4.83 Å². The molecular weight excluding hydrogens is 280 g/mol. The maximum atomic E-state index is 13.1. The zero-order valence-electron chi connectivity index (χ0n) is 7.57. The summed E-state index contributed by atoms with van der Waals surface area (Å²) in [7, 11) is 0. The van der Waals surface area contributed by atoms with Gasteiger partial charge in [0, 0.05) is 5.56 Å². The van der Waals surface area contributed by atoms with Crippen LogP contribution in [0.4, 0.5) is 17.6 Å². The number of halogens is 5. The molecule has 0 spiro atoms. The molecule has 0 aliphatic rings. The van der Waals surface area contributed by atoms with E-state index in [-0.39, 0.29) is 0 Å². The predicted octanol–water partition coefficient (Wildman–Crippen LogP) is 3.16. The van der Waals surface area contributed by atoms with E-state index < -0.39 is 27.6 Å². The van der Waals surface area contributed by atoms with Gasteiger partial charge in [-0.15, -0.1) is 0 Å². The highest BCUT2D eigenvalue weighted by molar-refractivity contribution is 9.10. The van der Waals surface area contributed by atoms with Gasteiger partial charge in [0.2, 0.25) is 0 Å². The molecule has 0 heterocycles. The minimum Gasteiger partial charge on any atom is -0.378 e. The summed E-state index contributed by atoms with van der Waals surface area (Å²) in [4.78, 5) is -3.76. The Morgan fingerprint density at radius 2 is 1.80 bits per heavy atom. The molecule has 0 saturated carbocycles. The first kappa shape index (κ1) is 12.4. The molecule has 1 aromatic rings. The monoisotopic (exact) mass is 286 g/mol. The average Bonchev–Trinajstić information content (AvgIpc) is 2.07. The number of rotatable bonds is 2. The lowest BCUT2D eigenvalue weighted by atomic mass is 9.96. The molecule has 84 valence electrons. The maximum Gasteiger partial charge on any atom is 0.333 e. The molecule has 0 radical (unpaired) electrons. The summed E-state index contributed by atoms with van der Waals surface area (Å²) in [6, 6.07) is 2.72. The molecule has 0 aliphatic carbocycles. The fraction of sp³-hybridized carbons (Fsp3) is 0.333. The van der Waals surface area contributed by atoms with Gasteiger partial charge in [-0.3, -0.25) is 0 Å². The standard InChI is InChI=1S/C9H7BrF4O/c1-8(15,9(10,13)14)5-3-2-4-6(11)7(5)12/h2-4,15H,1H3. The lowest BCUT2D eigenvalue weighted by molar-refractivity contribution is -0.111. The Morgan fingerprint density at radius 3 is 2.27 bits per heavy atom. The van der Waals surface area contributed by atoms with Gasteiger partial charge in [-0.2, -0.15) is 8.78 Å². The first-order chi connectivity index (χ1) is 6.68. The van der Waals surface area contributed by atoms with E-state index in [1.165, 1.54) is 0 Å². The zero-order valence-corrected chi connectivity index (χ0v) is 9.16. The number of hydrogen-bond acceptors (Lipinski definition) is 1. The van der Waals surface area contributed by atoms with Crippen molar-refractivity contribution in [3.8, 4) is 0 Å². The van der Waals surface area contributed by atoms with Crippen LogP contribution in [0.5, 0.6) is 0 Å². The SMILES string of the molecule is CC(O)(c1cccc(F)c1F)C(F)(F)Br. The molecule has 0 amide bonds. The van der Waals surface area contributed by atoms with Gasteiger partial charge in [-0.05, 0) is 28.9 Å². The summed E-state index contributed by atoms with van der Waals surface area (Å²) in [5.74, 6) is -2.77. The average molecular weight is 287 g/mol. The van der Waals surface area contributed by atoms with Crippen LogP contribution in [0.3, 0.4) is 0 Å². The van der Waals surface area contributed by atoms with E-state index in [0.717, 1.165) is 18.2 Å². The van der Waals surface area contributed by atoms with Crippen molar-refractivity contribution in [3.05, 3.63) is 35.4 Å². The van der Waals surface area contributed by atoms with Crippen LogP contribution in [0.2, 0.25) is 0 Å². The summed E-state index contributed by atoms with van der Waals surface area (Å²) in [6.45, 7) is 0.694. The molecule has 1 N–H and O–H groups in total. The smallest absolute Gasteiger partial charge is 0.333 e. The summed E-state index contributed by atoms with van der Waals surface area (Å²) in [5.41, 5.74) is -3.62. The normalized spacial score (nSPS) is 16.2. The van der Waals surface area contributed by atoms with Crippen molar-refractivity contribution >= 4 is 15.9 Å². The number of benzene rings is 1. The quantitative estimate of drug-likeness (QED) is 0.654. The largest absolute Gasteiger partial charge is 0.378 e. The van der Waals surface area contributed by atoms with Gasteiger partial charge in [0.15, 0.2) is 17.2 Å². The van der Waals surface area contributed by atoms with Gasteiger partial charge in [0.25, 0.3) is 0 Å². The third-order valence-corrected chi connectivity index (χ3v) is 2.80. The van der Waals surface area contributed by atoms with E-state index in [2.05, 4.69) is 0 Å². The first-order valence-electron chi connectivity index (χ1n) is 3.91. The van der Waals surface area contributed by atoms with Crippen molar-refractivity contribution in [2.45, 2.75) is 17.4 Å². The van der Waals surface area contributed by atoms with Crippen LogP contribution in [0, 0.1) is 11.6 Å². The van der Waals surface area contributed by atoms with Crippen LogP contribution in [0.1, 0.15) is 12.5 Å². The molecular formula is C9H7BrF4O. The number of aliphatic hydroxyl groups is 1. The minimum atomic E-state index is -3.76. The van der Waals surface area contributed by atoms with Crippen molar-refractivity contribution in [2.75, 3.05) is 0 Å². The van der Waals surface area contributed by atoms with Crippen LogP contribution in [-0.2, 0) is 5.60 Å².